The number of hydrogen-bond acceptors (Lipinski definition) is 6. The summed E-state index contributed by atoms with van der Waals surface area (Å²) < 4.78 is 40.9. The van der Waals surface area contributed by atoms with Crippen molar-refractivity contribution >= 4 is 17.4 Å². The van der Waals surface area contributed by atoms with E-state index in [1.807, 2.05) is 36.9 Å². The van der Waals surface area contributed by atoms with Crippen molar-refractivity contribution in [1.82, 2.24) is 10.4 Å². The molecule has 4 rings (SSSR count). The van der Waals surface area contributed by atoms with Crippen LogP contribution < -0.4 is 15.5 Å². The van der Waals surface area contributed by atoms with E-state index in [0.717, 1.165) is 16.8 Å². The minimum absolute atomic E-state index is 0.0753. The van der Waals surface area contributed by atoms with E-state index in [9.17, 15) is 18.0 Å². The molecule has 2 heterocycles. The number of rotatable bonds is 5. The van der Waals surface area contributed by atoms with Gasteiger partial charge in [-0.1, -0.05) is 17.7 Å². The third-order valence-corrected chi connectivity index (χ3v) is 5.68. The molecule has 1 saturated heterocycles. The van der Waals surface area contributed by atoms with Crippen molar-refractivity contribution in [2.24, 2.45) is 4.99 Å². The number of aryl methyl sites for hydroxylation is 2. The first-order valence-corrected chi connectivity index (χ1v) is 10.6. The summed E-state index contributed by atoms with van der Waals surface area (Å²) in [4.78, 5) is 24.9. The molecule has 2 aromatic carbocycles. The van der Waals surface area contributed by atoms with Gasteiger partial charge in [0, 0.05) is 37.2 Å². The highest BCUT2D eigenvalue weighted by atomic mass is 19.4. The lowest BCUT2D eigenvalue weighted by Crippen LogP contribution is -2.46. The van der Waals surface area contributed by atoms with Gasteiger partial charge >= 0.3 is 6.36 Å². The van der Waals surface area contributed by atoms with Crippen LogP contribution in [0.1, 0.15) is 29.5 Å². The Labute approximate surface area is 189 Å². The van der Waals surface area contributed by atoms with Crippen LogP contribution in [0.25, 0.3) is 0 Å². The maximum atomic E-state index is 12.5. The number of nitrogens with zero attached hydrogens (tertiary/aromatic N) is 2. The van der Waals surface area contributed by atoms with Crippen molar-refractivity contribution in [1.29, 1.82) is 0 Å². The molecule has 1 spiro atoms. The predicted molar refractivity (Wildman–Crippen MR) is 117 cm³/mol. The SMILES string of the molecule is Cc1ccc(NC(=O)CN2CCC3(CC2)N=C(c2ccc(OC(F)(F)F)cc2)NO3)c(C)c1. The van der Waals surface area contributed by atoms with Gasteiger partial charge in [0.25, 0.3) is 0 Å². The molecule has 0 aliphatic carbocycles. The summed E-state index contributed by atoms with van der Waals surface area (Å²) in [7, 11) is 0. The fraction of sp³-hybridized carbons (Fsp3) is 0.391. The van der Waals surface area contributed by atoms with Gasteiger partial charge in [0.05, 0.1) is 6.54 Å². The number of ether oxygens (including phenoxy) is 1. The first kappa shape index (κ1) is 23.1. The fourth-order valence-electron chi connectivity index (χ4n) is 3.95. The molecular formula is C23H25F3N4O3. The third-order valence-electron chi connectivity index (χ3n) is 5.68. The number of likely N-dealkylation sites (tertiary alicyclic amines) is 1. The average molecular weight is 462 g/mol. The van der Waals surface area contributed by atoms with Crippen LogP contribution in [0.2, 0.25) is 0 Å². The molecule has 33 heavy (non-hydrogen) atoms. The van der Waals surface area contributed by atoms with Crippen LogP contribution >= 0.6 is 0 Å². The second kappa shape index (κ2) is 9.03. The molecule has 0 aromatic heterocycles. The average Bonchev–Trinajstić information content (AvgIpc) is 3.15. The molecular weight excluding hydrogens is 437 g/mol. The molecule has 2 aromatic rings. The zero-order valence-electron chi connectivity index (χ0n) is 18.3. The first-order valence-electron chi connectivity index (χ1n) is 10.6. The molecule has 10 heteroatoms. The van der Waals surface area contributed by atoms with Gasteiger partial charge in [-0.15, -0.1) is 13.2 Å². The predicted octanol–water partition coefficient (Wildman–Crippen LogP) is 3.91. The fourth-order valence-corrected chi connectivity index (χ4v) is 3.95. The van der Waals surface area contributed by atoms with Crippen molar-refractivity contribution in [3.8, 4) is 5.75 Å². The first-order chi connectivity index (χ1) is 15.6. The Bertz CT molecular complexity index is 1050. The van der Waals surface area contributed by atoms with Crippen molar-refractivity contribution in [2.45, 2.75) is 38.8 Å². The topological polar surface area (TPSA) is 75.2 Å². The molecule has 0 saturated carbocycles. The maximum absolute atomic E-state index is 12.5. The Morgan fingerprint density at radius 2 is 1.88 bits per heavy atom. The Morgan fingerprint density at radius 1 is 1.18 bits per heavy atom. The number of amidine groups is 1. The number of amides is 1. The van der Waals surface area contributed by atoms with E-state index < -0.39 is 12.1 Å². The molecule has 2 aliphatic heterocycles. The summed E-state index contributed by atoms with van der Waals surface area (Å²) in [6.07, 6.45) is -3.58. The van der Waals surface area contributed by atoms with Crippen LogP contribution in [0.4, 0.5) is 18.9 Å². The van der Waals surface area contributed by atoms with E-state index in [1.165, 1.54) is 24.3 Å². The zero-order chi connectivity index (χ0) is 23.6. The van der Waals surface area contributed by atoms with Crippen LogP contribution in [-0.4, -0.2) is 48.4 Å². The molecule has 1 amide bonds. The Kier molecular flexibility index (Phi) is 6.31. The molecule has 0 unspecified atom stereocenters. The Hall–Kier alpha value is -3.11. The second-order valence-corrected chi connectivity index (χ2v) is 8.33. The van der Waals surface area contributed by atoms with Crippen molar-refractivity contribution in [2.75, 3.05) is 25.0 Å². The molecule has 0 radical (unpaired) electrons. The molecule has 176 valence electrons. The minimum atomic E-state index is -4.73. The van der Waals surface area contributed by atoms with Gasteiger partial charge in [0.1, 0.15) is 5.75 Å². The standard InChI is InChI=1S/C23H25F3N4O3/c1-15-3-8-19(16(2)13-15)27-20(31)14-30-11-9-22(10-12-30)28-21(29-33-22)17-4-6-18(7-5-17)32-23(24,25)26/h3-8,13H,9-12,14H2,1-2H3,(H,27,31)(H,28,29). The van der Waals surface area contributed by atoms with Gasteiger partial charge in [-0.3, -0.25) is 9.69 Å². The number of benzene rings is 2. The van der Waals surface area contributed by atoms with E-state index in [-0.39, 0.29) is 18.2 Å². The van der Waals surface area contributed by atoms with E-state index in [2.05, 4.69) is 20.5 Å². The van der Waals surface area contributed by atoms with Gasteiger partial charge in [-0.2, -0.15) is 0 Å². The van der Waals surface area contributed by atoms with Crippen molar-refractivity contribution in [3.63, 3.8) is 0 Å². The largest absolute Gasteiger partial charge is 0.573 e. The normalized spacial score (nSPS) is 18.0. The van der Waals surface area contributed by atoms with E-state index in [4.69, 9.17) is 4.84 Å². The van der Waals surface area contributed by atoms with Gasteiger partial charge < -0.3 is 10.1 Å². The van der Waals surface area contributed by atoms with Crippen molar-refractivity contribution in [3.05, 3.63) is 59.2 Å². The highest BCUT2D eigenvalue weighted by molar-refractivity contribution is 5.99. The van der Waals surface area contributed by atoms with E-state index in [1.54, 1.807) is 0 Å². The highest BCUT2D eigenvalue weighted by Gasteiger charge is 2.40. The quantitative estimate of drug-likeness (QED) is 0.705. The zero-order valence-corrected chi connectivity index (χ0v) is 18.3. The number of carbonyl (C=O) groups is 1. The number of aliphatic imine (C=N–C) groups is 1. The Morgan fingerprint density at radius 3 is 2.52 bits per heavy atom. The minimum Gasteiger partial charge on any atom is -0.406 e. The van der Waals surface area contributed by atoms with E-state index in [0.29, 0.717) is 37.3 Å². The lowest BCUT2D eigenvalue weighted by molar-refractivity contribution is -0.274. The lowest BCUT2D eigenvalue weighted by atomic mass is 10.0. The molecule has 7 nitrogen and oxygen atoms in total. The molecule has 0 bridgehead atoms. The Balaban J connectivity index is 1.31. The second-order valence-electron chi connectivity index (χ2n) is 8.33. The summed E-state index contributed by atoms with van der Waals surface area (Å²) in [5, 5.41) is 2.96. The van der Waals surface area contributed by atoms with E-state index >= 15 is 0 Å². The summed E-state index contributed by atoms with van der Waals surface area (Å²) in [6.45, 7) is 5.49. The molecule has 1 fully saturated rings. The number of hydroxylamine groups is 1. The van der Waals surface area contributed by atoms with Crippen LogP contribution in [0.3, 0.4) is 0 Å². The van der Waals surface area contributed by atoms with Gasteiger partial charge in [0.2, 0.25) is 5.91 Å². The number of piperidine rings is 1. The number of halogens is 3. The van der Waals surface area contributed by atoms with Crippen LogP contribution in [0, 0.1) is 13.8 Å². The van der Waals surface area contributed by atoms with Crippen LogP contribution in [0.15, 0.2) is 47.5 Å². The third kappa shape index (κ3) is 5.82. The number of hydrogen-bond donors (Lipinski definition) is 2. The van der Waals surface area contributed by atoms with Crippen molar-refractivity contribution < 1.29 is 27.5 Å². The van der Waals surface area contributed by atoms with Gasteiger partial charge in [-0.05, 0) is 49.7 Å². The molecule has 0 atom stereocenters. The number of nitrogens with one attached hydrogen (secondary N) is 2. The van der Waals surface area contributed by atoms with Gasteiger partial charge in [-0.25, -0.2) is 15.3 Å². The number of carbonyl (C=O) groups excluding carboxylic acids is 1. The summed E-state index contributed by atoms with van der Waals surface area (Å²) in [6, 6.07) is 11.3. The number of anilines is 1. The lowest BCUT2D eigenvalue weighted by Gasteiger charge is -2.35. The number of alkyl halides is 3. The maximum Gasteiger partial charge on any atom is 0.573 e. The summed E-state index contributed by atoms with van der Waals surface area (Å²) >= 11 is 0. The van der Waals surface area contributed by atoms with Crippen LogP contribution in [0.5, 0.6) is 5.75 Å². The summed E-state index contributed by atoms with van der Waals surface area (Å²) in [5.41, 5.74) is 5.60. The monoisotopic (exact) mass is 462 g/mol. The highest BCUT2D eigenvalue weighted by Crippen LogP contribution is 2.31. The summed E-state index contributed by atoms with van der Waals surface area (Å²) in [5.74, 6) is 0.0798. The molecule has 2 aliphatic rings. The smallest absolute Gasteiger partial charge is 0.406 e. The molecule has 2 N–H and O–H groups in total. The van der Waals surface area contributed by atoms with Gasteiger partial charge in [0.15, 0.2) is 11.6 Å². The van der Waals surface area contributed by atoms with Crippen LogP contribution in [-0.2, 0) is 9.63 Å².